The highest BCUT2D eigenvalue weighted by Crippen LogP contribution is 2.23. The van der Waals surface area contributed by atoms with Crippen LogP contribution < -0.4 is 10.5 Å². The fourth-order valence-corrected chi connectivity index (χ4v) is 3.81. The highest BCUT2D eigenvalue weighted by molar-refractivity contribution is 7.92. The van der Waals surface area contributed by atoms with Crippen LogP contribution in [0, 0.1) is 0 Å². The molecule has 4 rings (SSSR count). The van der Waals surface area contributed by atoms with Crippen molar-refractivity contribution in [2.45, 2.75) is 4.90 Å². The number of fused-ring (bicyclic) bond motifs is 2. The van der Waals surface area contributed by atoms with Crippen LogP contribution in [0.1, 0.15) is 0 Å². The Balaban J connectivity index is 1.74. The fraction of sp³-hybridized carbons (Fsp3) is 0.0556. The second kappa shape index (κ2) is 5.49. The first kappa shape index (κ1) is 15.5. The zero-order valence-electron chi connectivity index (χ0n) is 13.3. The first-order valence-corrected chi connectivity index (χ1v) is 9.03. The summed E-state index contributed by atoms with van der Waals surface area (Å²) in [6.07, 6.45) is 0. The van der Waals surface area contributed by atoms with Gasteiger partial charge in [0.1, 0.15) is 0 Å². The van der Waals surface area contributed by atoms with Crippen molar-refractivity contribution >= 4 is 37.6 Å². The Labute approximate surface area is 143 Å². The van der Waals surface area contributed by atoms with Gasteiger partial charge in [0.25, 0.3) is 10.0 Å². The Hall–Kier alpha value is -3.06. The van der Waals surface area contributed by atoms with E-state index in [0.29, 0.717) is 11.2 Å². The van der Waals surface area contributed by atoms with Gasteiger partial charge in [-0.15, -0.1) is 0 Å². The molecule has 6 nitrogen and oxygen atoms in total. The number of hydrogen-bond acceptors (Lipinski definition) is 4. The second-order valence-electron chi connectivity index (χ2n) is 5.72. The molecule has 0 atom stereocenters. The van der Waals surface area contributed by atoms with Crippen LogP contribution in [0.4, 0.5) is 5.69 Å². The molecule has 0 radical (unpaired) electrons. The summed E-state index contributed by atoms with van der Waals surface area (Å²) in [5.41, 5.74) is 1.23. The van der Waals surface area contributed by atoms with E-state index in [1.165, 1.54) is 16.7 Å². The molecule has 25 heavy (non-hydrogen) atoms. The fourth-order valence-electron chi connectivity index (χ4n) is 2.75. The number of nitrogens with one attached hydrogen (secondary N) is 1. The molecular formula is C18H14N2O4S. The zero-order chi connectivity index (χ0) is 17.6. The number of nitrogens with zero attached hydrogens (tertiary/aromatic N) is 1. The van der Waals surface area contributed by atoms with Crippen LogP contribution in [-0.4, -0.2) is 13.0 Å². The minimum absolute atomic E-state index is 0.0301. The summed E-state index contributed by atoms with van der Waals surface area (Å²) >= 11 is 0. The predicted octanol–water partition coefficient (Wildman–Crippen LogP) is 3.09. The van der Waals surface area contributed by atoms with Crippen LogP contribution >= 0.6 is 0 Å². The number of aromatic nitrogens is 1. The first-order valence-electron chi connectivity index (χ1n) is 7.55. The van der Waals surface area contributed by atoms with Gasteiger partial charge in [-0.2, -0.15) is 0 Å². The molecule has 0 aliphatic carbocycles. The van der Waals surface area contributed by atoms with Crippen LogP contribution in [0.25, 0.3) is 21.9 Å². The van der Waals surface area contributed by atoms with Crippen LogP contribution in [0.15, 0.2) is 74.8 Å². The Bertz CT molecular complexity index is 1270. The molecule has 1 aromatic heterocycles. The van der Waals surface area contributed by atoms with E-state index in [2.05, 4.69) is 4.72 Å². The number of benzene rings is 3. The molecule has 126 valence electrons. The van der Waals surface area contributed by atoms with Crippen molar-refractivity contribution in [1.82, 2.24) is 4.57 Å². The van der Waals surface area contributed by atoms with E-state index >= 15 is 0 Å². The van der Waals surface area contributed by atoms with Crippen molar-refractivity contribution in [3.8, 4) is 0 Å². The lowest BCUT2D eigenvalue weighted by atomic mass is 10.1. The average molecular weight is 354 g/mol. The van der Waals surface area contributed by atoms with Crippen LogP contribution in [0.5, 0.6) is 0 Å². The monoisotopic (exact) mass is 354 g/mol. The summed E-state index contributed by atoms with van der Waals surface area (Å²) in [6.45, 7) is 0. The Morgan fingerprint density at radius 3 is 2.52 bits per heavy atom. The summed E-state index contributed by atoms with van der Waals surface area (Å²) in [6, 6.07) is 17.4. The molecule has 0 saturated carbocycles. The third kappa shape index (κ3) is 2.68. The number of anilines is 1. The van der Waals surface area contributed by atoms with E-state index in [1.54, 1.807) is 25.2 Å². The molecule has 0 fully saturated rings. The summed E-state index contributed by atoms with van der Waals surface area (Å²) in [4.78, 5) is 11.6. The van der Waals surface area contributed by atoms with E-state index in [1.807, 2.05) is 30.3 Å². The van der Waals surface area contributed by atoms with Gasteiger partial charge in [-0.05, 0) is 35.0 Å². The molecular weight excluding hydrogens is 340 g/mol. The summed E-state index contributed by atoms with van der Waals surface area (Å²) in [5, 5.41) is 1.96. The molecule has 1 N–H and O–H groups in total. The maximum absolute atomic E-state index is 12.6. The van der Waals surface area contributed by atoms with Gasteiger partial charge >= 0.3 is 5.76 Å². The lowest BCUT2D eigenvalue weighted by Crippen LogP contribution is -2.12. The van der Waals surface area contributed by atoms with Crippen LogP contribution in [0.3, 0.4) is 0 Å². The van der Waals surface area contributed by atoms with E-state index in [4.69, 9.17) is 4.42 Å². The number of rotatable bonds is 3. The molecule has 1 heterocycles. The number of sulfonamides is 1. The predicted molar refractivity (Wildman–Crippen MR) is 96.2 cm³/mol. The Kier molecular flexibility index (Phi) is 3.40. The van der Waals surface area contributed by atoms with Gasteiger partial charge in [0, 0.05) is 18.8 Å². The average Bonchev–Trinajstić information content (AvgIpc) is 2.88. The molecule has 7 heteroatoms. The highest BCUT2D eigenvalue weighted by atomic mass is 32.2. The van der Waals surface area contributed by atoms with Gasteiger partial charge in [0.15, 0.2) is 5.58 Å². The van der Waals surface area contributed by atoms with E-state index in [0.717, 1.165) is 10.8 Å². The van der Waals surface area contributed by atoms with Gasteiger partial charge in [-0.25, -0.2) is 13.2 Å². The van der Waals surface area contributed by atoms with Crippen molar-refractivity contribution in [2.24, 2.45) is 7.05 Å². The molecule has 0 spiro atoms. The van der Waals surface area contributed by atoms with E-state index in [-0.39, 0.29) is 10.5 Å². The number of aryl methyl sites for hydroxylation is 1. The lowest BCUT2D eigenvalue weighted by Gasteiger charge is -2.09. The smallest absolute Gasteiger partial charge is 0.408 e. The molecule has 0 aliphatic heterocycles. The largest absolute Gasteiger partial charge is 0.419 e. The van der Waals surface area contributed by atoms with Crippen molar-refractivity contribution in [2.75, 3.05) is 4.72 Å². The third-order valence-electron chi connectivity index (χ3n) is 4.08. The maximum atomic E-state index is 12.6. The quantitative estimate of drug-likeness (QED) is 0.613. The van der Waals surface area contributed by atoms with E-state index in [9.17, 15) is 13.2 Å². The normalized spacial score (nSPS) is 11.9. The van der Waals surface area contributed by atoms with Crippen molar-refractivity contribution in [1.29, 1.82) is 0 Å². The summed E-state index contributed by atoms with van der Waals surface area (Å²) < 4.78 is 34.2. The minimum atomic E-state index is -3.80. The molecule has 0 bridgehead atoms. The van der Waals surface area contributed by atoms with Crippen LogP contribution in [-0.2, 0) is 17.1 Å². The first-order chi connectivity index (χ1) is 11.9. The molecule has 4 aromatic rings. The maximum Gasteiger partial charge on any atom is 0.419 e. The topological polar surface area (TPSA) is 81.3 Å². The van der Waals surface area contributed by atoms with E-state index < -0.39 is 15.8 Å². The minimum Gasteiger partial charge on any atom is -0.408 e. The molecule has 0 unspecified atom stereocenters. The molecule has 0 saturated heterocycles. The van der Waals surface area contributed by atoms with Crippen molar-refractivity contribution in [3.05, 3.63) is 71.2 Å². The van der Waals surface area contributed by atoms with Gasteiger partial charge in [-0.1, -0.05) is 30.3 Å². The summed E-state index contributed by atoms with van der Waals surface area (Å²) in [5.74, 6) is -0.535. The zero-order valence-corrected chi connectivity index (χ0v) is 14.1. The second-order valence-corrected chi connectivity index (χ2v) is 7.41. The van der Waals surface area contributed by atoms with Gasteiger partial charge < -0.3 is 4.42 Å². The lowest BCUT2D eigenvalue weighted by molar-refractivity contribution is 0.527. The standard InChI is InChI=1S/C18H14N2O4S/c1-20-16-9-8-15(11-17(16)24-18(20)21)25(22,23)19-14-7-6-12-4-2-3-5-13(12)10-14/h2-11,19H,1H3. The third-order valence-corrected chi connectivity index (χ3v) is 5.45. The summed E-state index contributed by atoms with van der Waals surface area (Å²) in [7, 11) is -2.23. The number of hydrogen-bond donors (Lipinski definition) is 1. The van der Waals surface area contributed by atoms with Gasteiger partial charge in [-0.3, -0.25) is 9.29 Å². The molecule has 0 amide bonds. The SMILES string of the molecule is Cn1c(=O)oc2cc(S(=O)(=O)Nc3ccc4ccccc4c3)ccc21. The number of oxazole rings is 1. The molecule has 0 aliphatic rings. The van der Waals surface area contributed by atoms with Gasteiger partial charge in [0.05, 0.1) is 10.4 Å². The van der Waals surface area contributed by atoms with Gasteiger partial charge in [0.2, 0.25) is 0 Å². The molecule has 3 aromatic carbocycles. The van der Waals surface area contributed by atoms with Crippen LogP contribution in [0.2, 0.25) is 0 Å². The Morgan fingerprint density at radius 2 is 1.72 bits per heavy atom. The highest BCUT2D eigenvalue weighted by Gasteiger charge is 2.17. The van der Waals surface area contributed by atoms with Crippen molar-refractivity contribution in [3.63, 3.8) is 0 Å². The Morgan fingerprint density at radius 1 is 0.960 bits per heavy atom. The van der Waals surface area contributed by atoms with Crippen molar-refractivity contribution < 1.29 is 12.8 Å².